The van der Waals surface area contributed by atoms with E-state index in [4.69, 9.17) is 4.74 Å². The van der Waals surface area contributed by atoms with Crippen LogP contribution in [0.1, 0.15) is 27.4 Å². The Bertz CT molecular complexity index is 903. The van der Waals surface area contributed by atoms with Crippen LogP contribution in [0.25, 0.3) is 0 Å². The van der Waals surface area contributed by atoms with Crippen molar-refractivity contribution in [2.75, 3.05) is 20.2 Å². The second-order valence-electron chi connectivity index (χ2n) is 6.50. The Morgan fingerprint density at radius 3 is 1.86 bits per heavy atom. The molecule has 5 nitrogen and oxygen atoms in total. The average molecular weight is 388 g/mol. The molecule has 148 valence electrons. The van der Waals surface area contributed by atoms with E-state index in [2.05, 4.69) is 10.6 Å². The summed E-state index contributed by atoms with van der Waals surface area (Å²) in [6.45, 7) is 0.648. The Hall–Kier alpha value is -3.60. The Balaban J connectivity index is 1.60. The molecule has 0 fully saturated rings. The quantitative estimate of drug-likeness (QED) is 0.582. The molecule has 0 spiro atoms. The van der Waals surface area contributed by atoms with Gasteiger partial charge in [0.2, 0.25) is 5.91 Å². The zero-order valence-corrected chi connectivity index (χ0v) is 16.3. The van der Waals surface area contributed by atoms with Crippen LogP contribution in [-0.4, -0.2) is 32.0 Å². The van der Waals surface area contributed by atoms with Crippen LogP contribution in [0.15, 0.2) is 84.9 Å². The molecule has 3 aromatic rings. The number of benzene rings is 3. The van der Waals surface area contributed by atoms with Crippen LogP contribution in [0.4, 0.5) is 0 Å². The Labute approximate surface area is 170 Å². The normalized spacial score (nSPS) is 10.4. The highest BCUT2D eigenvalue weighted by atomic mass is 16.5. The molecular formula is C24H24N2O3. The molecule has 5 heteroatoms. The summed E-state index contributed by atoms with van der Waals surface area (Å²) in [4.78, 5) is 25.3. The van der Waals surface area contributed by atoms with Crippen molar-refractivity contribution in [3.63, 3.8) is 0 Å². The van der Waals surface area contributed by atoms with Crippen molar-refractivity contribution in [3.05, 3.63) is 102 Å². The molecule has 0 heterocycles. The maximum Gasteiger partial charge on any atom is 0.255 e. The highest BCUT2D eigenvalue weighted by Gasteiger charge is 2.22. The molecule has 3 rings (SSSR count). The molecule has 0 aliphatic carbocycles. The molecule has 29 heavy (non-hydrogen) atoms. The lowest BCUT2D eigenvalue weighted by Crippen LogP contribution is -2.37. The number of para-hydroxylation sites is 1. The lowest BCUT2D eigenvalue weighted by Gasteiger charge is -2.18. The number of hydrogen-bond donors (Lipinski definition) is 2. The fraction of sp³-hybridized carbons (Fsp3) is 0.167. The fourth-order valence-electron chi connectivity index (χ4n) is 3.18. The van der Waals surface area contributed by atoms with Crippen LogP contribution in [0, 0.1) is 0 Å². The summed E-state index contributed by atoms with van der Waals surface area (Å²) in [7, 11) is 1.53. The lowest BCUT2D eigenvalue weighted by molar-refractivity contribution is -0.121. The number of ether oxygens (including phenoxy) is 1. The molecule has 2 N–H and O–H groups in total. The van der Waals surface area contributed by atoms with Gasteiger partial charge in [0.15, 0.2) is 0 Å². The van der Waals surface area contributed by atoms with Gasteiger partial charge in [-0.05, 0) is 23.3 Å². The summed E-state index contributed by atoms with van der Waals surface area (Å²) in [6, 6.07) is 26.4. The molecule has 0 atom stereocenters. The third-order valence-electron chi connectivity index (χ3n) is 4.59. The first-order valence-electron chi connectivity index (χ1n) is 9.49. The molecule has 3 aromatic carbocycles. The summed E-state index contributed by atoms with van der Waals surface area (Å²) in [5, 5.41) is 5.74. The zero-order valence-electron chi connectivity index (χ0n) is 16.3. The highest BCUT2D eigenvalue weighted by molar-refractivity contribution is 5.97. The van der Waals surface area contributed by atoms with Gasteiger partial charge in [-0.3, -0.25) is 9.59 Å². The summed E-state index contributed by atoms with van der Waals surface area (Å²) < 4.78 is 5.21. The molecule has 0 unspecified atom stereocenters. The van der Waals surface area contributed by atoms with Crippen LogP contribution in [0.5, 0.6) is 5.75 Å². The number of carbonyl (C=O) groups is 2. The van der Waals surface area contributed by atoms with Crippen molar-refractivity contribution >= 4 is 11.8 Å². The van der Waals surface area contributed by atoms with E-state index in [0.29, 0.717) is 24.4 Å². The van der Waals surface area contributed by atoms with E-state index in [9.17, 15) is 9.59 Å². The first-order chi connectivity index (χ1) is 14.2. The largest absolute Gasteiger partial charge is 0.496 e. The van der Waals surface area contributed by atoms with Crippen molar-refractivity contribution < 1.29 is 14.3 Å². The second kappa shape index (κ2) is 10.1. The Kier molecular flexibility index (Phi) is 7.00. The van der Waals surface area contributed by atoms with Crippen LogP contribution in [0.3, 0.4) is 0 Å². The van der Waals surface area contributed by atoms with Gasteiger partial charge in [0.1, 0.15) is 5.75 Å². The molecule has 0 bridgehead atoms. The number of methoxy groups -OCH3 is 1. The predicted octanol–water partition coefficient (Wildman–Crippen LogP) is 3.37. The maximum absolute atomic E-state index is 12.9. The number of rotatable bonds is 8. The van der Waals surface area contributed by atoms with E-state index in [1.165, 1.54) is 7.11 Å². The third-order valence-corrected chi connectivity index (χ3v) is 4.59. The van der Waals surface area contributed by atoms with Gasteiger partial charge >= 0.3 is 0 Å². The van der Waals surface area contributed by atoms with Gasteiger partial charge in [0, 0.05) is 13.1 Å². The SMILES string of the molecule is COc1ccccc1C(=O)NCCNC(=O)C(c1ccccc1)c1ccccc1. The molecule has 0 aliphatic rings. The topological polar surface area (TPSA) is 67.4 Å². The smallest absolute Gasteiger partial charge is 0.255 e. The van der Waals surface area contributed by atoms with Gasteiger partial charge in [-0.2, -0.15) is 0 Å². The zero-order chi connectivity index (χ0) is 20.5. The Morgan fingerprint density at radius 2 is 1.28 bits per heavy atom. The number of amides is 2. The maximum atomic E-state index is 12.9. The fourth-order valence-corrected chi connectivity index (χ4v) is 3.18. The van der Waals surface area contributed by atoms with E-state index >= 15 is 0 Å². The first-order valence-corrected chi connectivity index (χ1v) is 9.49. The molecular weight excluding hydrogens is 364 g/mol. The summed E-state index contributed by atoms with van der Waals surface area (Å²) in [5.74, 6) is -0.224. The molecule has 0 radical (unpaired) electrons. The van der Waals surface area contributed by atoms with Gasteiger partial charge < -0.3 is 15.4 Å². The van der Waals surface area contributed by atoms with Gasteiger partial charge in [0.05, 0.1) is 18.6 Å². The van der Waals surface area contributed by atoms with Crippen LogP contribution in [0.2, 0.25) is 0 Å². The van der Waals surface area contributed by atoms with Crippen molar-refractivity contribution in [2.45, 2.75) is 5.92 Å². The van der Waals surface area contributed by atoms with Crippen molar-refractivity contribution in [1.29, 1.82) is 0 Å². The second-order valence-corrected chi connectivity index (χ2v) is 6.50. The third kappa shape index (κ3) is 5.23. The minimum Gasteiger partial charge on any atom is -0.496 e. The van der Waals surface area contributed by atoms with Crippen molar-refractivity contribution in [1.82, 2.24) is 10.6 Å². The average Bonchev–Trinajstić information content (AvgIpc) is 2.78. The molecule has 0 saturated heterocycles. The van der Waals surface area contributed by atoms with E-state index in [0.717, 1.165) is 11.1 Å². The van der Waals surface area contributed by atoms with Crippen LogP contribution >= 0.6 is 0 Å². The summed E-state index contributed by atoms with van der Waals surface area (Å²) in [5.41, 5.74) is 2.32. The standard InChI is InChI=1S/C24H24N2O3/c1-29-21-15-9-8-14-20(21)23(27)25-16-17-26-24(28)22(18-10-4-2-5-11-18)19-12-6-3-7-13-19/h2-15,22H,16-17H2,1H3,(H,25,27)(H,26,28). The molecule has 2 amide bonds. The first kappa shape index (κ1) is 20.1. The molecule has 0 aromatic heterocycles. The molecule has 0 aliphatic heterocycles. The van der Waals surface area contributed by atoms with Gasteiger partial charge in [-0.1, -0.05) is 72.8 Å². The van der Waals surface area contributed by atoms with Gasteiger partial charge in [-0.25, -0.2) is 0 Å². The number of carbonyl (C=O) groups excluding carboxylic acids is 2. The number of nitrogens with one attached hydrogen (secondary N) is 2. The Morgan fingerprint density at radius 1 is 0.759 bits per heavy atom. The van der Waals surface area contributed by atoms with E-state index in [1.807, 2.05) is 66.7 Å². The van der Waals surface area contributed by atoms with Crippen LogP contribution in [-0.2, 0) is 4.79 Å². The lowest BCUT2D eigenvalue weighted by atomic mass is 9.90. The minimum atomic E-state index is -0.401. The van der Waals surface area contributed by atoms with Gasteiger partial charge in [0.25, 0.3) is 5.91 Å². The number of hydrogen-bond acceptors (Lipinski definition) is 3. The van der Waals surface area contributed by atoms with E-state index < -0.39 is 5.92 Å². The van der Waals surface area contributed by atoms with Gasteiger partial charge in [-0.15, -0.1) is 0 Å². The summed E-state index contributed by atoms with van der Waals surface area (Å²) >= 11 is 0. The monoisotopic (exact) mass is 388 g/mol. The molecule has 0 saturated carbocycles. The van der Waals surface area contributed by atoms with Crippen molar-refractivity contribution in [3.8, 4) is 5.75 Å². The van der Waals surface area contributed by atoms with Crippen molar-refractivity contribution in [2.24, 2.45) is 0 Å². The van der Waals surface area contributed by atoms with E-state index in [1.54, 1.807) is 18.2 Å². The minimum absolute atomic E-state index is 0.103. The summed E-state index contributed by atoms with van der Waals surface area (Å²) in [6.07, 6.45) is 0. The predicted molar refractivity (Wildman–Crippen MR) is 113 cm³/mol. The van der Waals surface area contributed by atoms with E-state index in [-0.39, 0.29) is 11.8 Å². The highest BCUT2D eigenvalue weighted by Crippen LogP contribution is 2.24. The van der Waals surface area contributed by atoms with Crippen LogP contribution < -0.4 is 15.4 Å².